The number of hydrogen-bond acceptors (Lipinski definition) is 6. The Morgan fingerprint density at radius 1 is 1.12 bits per heavy atom. The van der Waals surface area contributed by atoms with Gasteiger partial charge in [-0.05, 0) is 32.8 Å². The van der Waals surface area contributed by atoms with Crippen molar-refractivity contribution >= 4 is 17.9 Å². The lowest BCUT2D eigenvalue weighted by atomic mass is 9.95. The van der Waals surface area contributed by atoms with Gasteiger partial charge in [0.1, 0.15) is 12.2 Å². The van der Waals surface area contributed by atoms with Crippen molar-refractivity contribution in [3.05, 3.63) is 35.9 Å². The minimum Gasteiger partial charge on any atom is -0.479 e. The molecule has 1 aromatic carbocycles. The molecule has 7 nitrogen and oxygen atoms in total. The van der Waals surface area contributed by atoms with E-state index >= 15 is 0 Å². The number of benzene rings is 1. The lowest BCUT2D eigenvalue weighted by Crippen LogP contribution is -2.56. The van der Waals surface area contributed by atoms with Crippen molar-refractivity contribution in [2.24, 2.45) is 5.73 Å². The average Bonchev–Trinajstić information content (AvgIpc) is 2.49. The molecular formula is C17H23NO6. The van der Waals surface area contributed by atoms with Gasteiger partial charge >= 0.3 is 17.9 Å². The molecule has 0 unspecified atom stereocenters. The molecule has 24 heavy (non-hydrogen) atoms. The fraction of sp³-hybridized carbons (Fsp3) is 0.471. The summed E-state index contributed by atoms with van der Waals surface area (Å²) >= 11 is 0. The Hall–Kier alpha value is -2.41. The fourth-order valence-corrected chi connectivity index (χ4v) is 1.84. The minimum absolute atomic E-state index is 0.0989. The van der Waals surface area contributed by atoms with Crippen molar-refractivity contribution in [3.63, 3.8) is 0 Å². The first kappa shape index (κ1) is 19.6. The van der Waals surface area contributed by atoms with Crippen molar-refractivity contribution in [2.45, 2.75) is 51.4 Å². The van der Waals surface area contributed by atoms with Crippen molar-refractivity contribution in [1.82, 2.24) is 0 Å². The Morgan fingerprint density at radius 2 is 1.71 bits per heavy atom. The molecule has 0 saturated heterocycles. The fourth-order valence-electron chi connectivity index (χ4n) is 1.84. The van der Waals surface area contributed by atoms with E-state index in [2.05, 4.69) is 0 Å². The Balaban J connectivity index is 2.67. The number of esters is 2. The highest BCUT2D eigenvalue weighted by atomic mass is 16.6. The summed E-state index contributed by atoms with van der Waals surface area (Å²) in [6.07, 6.45) is -0.717. The second-order valence-corrected chi connectivity index (χ2v) is 6.42. The molecule has 1 atom stereocenters. The van der Waals surface area contributed by atoms with Crippen LogP contribution in [0, 0.1) is 0 Å². The van der Waals surface area contributed by atoms with Gasteiger partial charge in [0.15, 0.2) is 0 Å². The first-order valence-corrected chi connectivity index (χ1v) is 7.50. The van der Waals surface area contributed by atoms with Crippen molar-refractivity contribution in [2.75, 3.05) is 0 Å². The Labute approximate surface area is 140 Å². The van der Waals surface area contributed by atoms with Gasteiger partial charge in [0, 0.05) is 6.42 Å². The second-order valence-electron chi connectivity index (χ2n) is 6.42. The van der Waals surface area contributed by atoms with Gasteiger partial charge in [-0.25, -0.2) is 9.59 Å². The smallest absolute Gasteiger partial charge is 0.338 e. The van der Waals surface area contributed by atoms with Crippen molar-refractivity contribution in [3.8, 4) is 0 Å². The van der Waals surface area contributed by atoms with E-state index in [9.17, 15) is 19.5 Å². The molecule has 0 radical (unpaired) electrons. The van der Waals surface area contributed by atoms with Crippen LogP contribution >= 0.6 is 0 Å². The Bertz CT molecular complexity index is 593. The van der Waals surface area contributed by atoms with E-state index in [1.807, 2.05) is 0 Å². The van der Waals surface area contributed by atoms with Gasteiger partial charge in [-0.3, -0.25) is 4.79 Å². The SMILES string of the molecule is CC(C)(C)OC(=O)CC[C@](N)(C(=O)O)C(=O)OCc1ccccc1. The maximum atomic E-state index is 12.1. The summed E-state index contributed by atoms with van der Waals surface area (Å²) in [5, 5.41) is 9.27. The molecule has 0 heterocycles. The van der Waals surface area contributed by atoms with Gasteiger partial charge in [0.2, 0.25) is 5.54 Å². The summed E-state index contributed by atoms with van der Waals surface area (Å²) in [4.78, 5) is 35.2. The van der Waals surface area contributed by atoms with Gasteiger partial charge < -0.3 is 20.3 Å². The number of aliphatic carboxylic acids is 1. The van der Waals surface area contributed by atoms with Crippen LogP contribution in [0.15, 0.2) is 30.3 Å². The average molecular weight is 337 g/mol. The van der Waals surface area contributed by atoms with Crippen molar-refractivity contribution in [1.29, 1.82) is 0 Å². The summed E-state index contributed by atoms with van der Waals surface area (Å²) in [6.45, 7) is 4.96. The number of carboxylic acids is 1. The predicted molar refractivity (Wildman–Crippen MR) is 85.9 cm³/mol. The van der Waals surface area contributed by atoms with Gasteiger partial charge in [0.25, 0.3) is 0 Å². The van der Waals surface area contributed by atoms with E-state index in [0.29, 0.717) is 5.56 Å². The molecule has 0 saturated carbocycles. The molecule has 0 bridgehead atoms. The normalized spacial score (nSPS) is 13.7. The maximum Gasteiger partial charge on any atom is 0.338 e. The van der Waals surface area contributed by atoms with Gasteiger partial charge in [-0.15, -0.1) is 0 Å². The minimum atomic E-state index is -2.30. The van der Waals surface area contributed by atoms with Crippen LogP contribution in [0.4, 0.5) is 0 Å². The highest BCUT2D eigenvalue weighted by Gasteiger charge is 2.44. The quantitative estimate of drug-likeness (QED) is 0.574. The highest BCUT2D eigenvalue weighted by molar-refractivity contribution is 6.04. The zero-order valence-corrected chi connectivity index (χ0v) is 14.1. The summed E-state index contributed by atoms with van der Waals surface area (Å²) in [6, 6.07) is 8.79. The third kappa shape index (κ3) is 6.00. The van der Waals surface area contributed by atoms with Crippen LogP contribution in [0.5, 0.6) is 0 Å². The maximum absolute atomic E-state index is 12.1. The Morgan fingerprint density at radius 3 is 2.21 bits per heavy atom. The largest absolute Gasteiger partial charge is 0.479 e. The lowest BCUT2D eigenvalue weighted by molar-refractivity contribution is -0.163. The van der Waals surface area contributed by atoms with Crippen LogP contribution in [-0.4, -0.2) is 34.2 Å². The summed E-state index contributed by atoms with van der Waals surface area (Å²) < 4.78 is 10.1. The molecule has 0 aliphatic carbocycles. The van der Waals surface area contributed by atoms with Crippen LogP contribution in [0.2, 0.25) is 0 Å². The third-order valence-electron chi connectivity index (χ3n) is 3.10. The first-order valence-electron chi connectivity index (χ1n) is 7.50. The number of rotatable bonds is 7. The third-order valence-corrected chi connectivity index (χ3v) is 3.10. The number of carboxylic acid groups (broad SMARTS) is 1. The van der Waals surface area contributed by atoms with E-state index in [0.717, 1.165) is 0 Å². The molecule has 1 aromatic rings. The molecule has 0 amide bonds. The molecule has 0 aliphatic heterocycles. The standard InChI is InChI=1S/C17H23NO6/c1-16(2,3)24-13(19)9-10-17(18,14(20)21)15(22)23-11-12-7-5-4-6-8-12/h4-8H,9-11,18H2,1-3H3,(H,20,21)/t17-/m0/s1. The molecule has 0 aliphatic rings. The molecule has 0 aromatic heterocycles. The zero-order chi connectivity index (χ0) is 18.4. The van der Waals surface area contributed by atoms with Gasteiger partial charge in [0.05, 0.1) is 0 Å². The molecule has 132 valence electrons. The molecule has 3 N–H and O–H groups in total. The van der Waals surface area contributed by atoms with Crippen LogP contribution in [0.1, 0.15) is 39.2 Å². The molecule has 0 fully saturated rings. The number of ether oxygens (including phenoxy) is 2. The van der Waals surface area contributed by atoms with E-state index in [-0.39, 0.29) is 13.0 Å². The van der Waals surface area contributed by atoms with Gasteiger partial charge in [-0.2, -0.15) is 0 Å². The molecular weight excluding hydrogens is 314 g/mol. The number of carbonyl (C=O) groups is 3. The van der Waals surface area contributed by atoms with E-state index in [1.54, 1.807) is 51.1 Å². The monoisotopic (exact) mass is 337 g/mol. The second kappa shape index (κ2) is 7.92. The topological polar surface area (TPSA) is 116 Å². The lowest BCUT2D eigenvalue weighted by Gasteiger charge is -2.24. The molecule has 7 heteroatoms. The first-order chi connectivity index (χ1) is 11.0. The van der Waals surface area contributed by atoms with Gasteiger partial charge in [-0.1, -0.05) is 30.3 Å². The van der Waals surface area contributed by atoms with Crippen LogP contribution < -0.4 is 5.73 Å². The summed E-state index contributed by atoms with van der Waals surface area (Å²) in [7, 11) is 0. The number of carbonyl (C=O) groups excluding carboxylic acids is 2. The summed E-state index contributed by atoms with van der Waals surface area (Å²) in [5.41, 5.74) is 3.38. The Kier molecular flexibility index (Phi) is 6.48. The van der Waals surface area contributed by atoms with E-state index in [4.69, 9.17) is 15.2 Å². The predicted octanol–water partition coefficient (Wildman–Crippen LogP) is 1.63. The van der Waals surface area contributed by atoms with Crippen molar-refractivity contribution < 1.29 is 29.0 Å². The molecule has 0 spiro atoms. The molecule has 1 rings (SSSR count). The zero-order valence-electron chi connectivity index (χ0n) is 14.1. The summed E-state index contributed by atoms with van der Waals surface area (Å²) in [5.74, 6) is -3.28. The van der Waals surface area contributed by atoms with Crippen LogP contribution in [0.25, 0.3) is 0 Å². The highest BCUT2D eigenvalue weighted by Crippen LogP contribution is 2.17. The van der Waals surface area contributed by atoms with E-state index < -0.39 is 35.5 Å². The van der Waals surface area contributed by atoms with Crippen LogP contribution in [0.3, 0.4) is 0 Å². The number of hydrogen-bond donors (Lipinski definition) is 2. The number of nitrogens with two attached hydrogens (primary N) is 1. The van der Waals surface area contributed by atoms with E-state index in [1.165, 1.54) is 0 Å². The van der Waals surface area contributed by atoms with Crippen LogP contribution in [-0.2, 0) is 30.5 Å².